The Morgan fingerprint density at radius 1 is 1.33 bits per heavy atom. The minimum absolute atomic E-state index is 0.197. The minimum Gasteiger partial charge on any atom is -0.444 e. The molecule has 1 heterocycles. The van der Waals surface area contributed by atoms with E-state index in [1.165, 1.54) is 12.8 Å². The molecule has 1 saturated heterocycles. The van der Waals surface area contributed by atoms with Gasteiger partial charge in [-0.3, -0.25) is 0 Å². The first-order chi connectivity index (χ1) is 8.40. The van der Waals surface area contributed by atoms with Crippen LogP contribution in [0.1, 0.15) is 40.0 Å². The first-order valence-electron chi connectivity index (χ1n) is 6.99. The lowest BCUT2D eigenvalue weighted by Gasteiger charge is -2.43. The molecule has 1 aliphatic carbocycles. The Hall–Kier alpha value is -0.770. The lowest BCUT2D eigenvalue weighted by molar-refractivity contribution is -0.0154. The van der Waals surface area contributed by atoms with Crippen molar-refractivity contribution in [2.45, 2.75) is 45.6 Å². The molecule has 4 nitrogen and oxygen atoms in total. The van der Waals surface area contributed by atoms with Crippen molar-refractivity contribution in [1.82, 2.24) is 4.90 Å². The van der Waals surface area contributed by atoms with Gasteiger partial charge in [0.15, 0.2) is 0 Å². The summed E-state index contributed by atoms with van der Waals surface area (Å²) in [5.74, 6) is 1.97. The number of carbonyl (C=O) groups excluding carboxylic acids is 1. The molecular weight excluding hydrogens is 230 g/mol. The average molecular weight is 255 g/mol. The molecule has 0 aromatic rings. The maximum Gasteiger partial charge on any atom is 0.410 e. The first kappa shape index (κ1) is 13.7. The van der Waals surface area contributed by atoms with Gasteiger partial charge in [-0.1, -0.05) is 0 Å². The molecule has 2 rings (SSSR count). The van der Waals surface area contributed by atoms with Gasteiger partial charge in [0, 0.05) is 19.7 Å². The predicted octanol–water partition coefficient (Wildman–Crippen LogP) is 2.26. The molecule has 18 heavy (non-hydrogen) atoms. The van der Waals surface area contributed by atoms with Gasteiger partial charge in [-0.2, -0.15) is 0 Å². The fraction of sp³-hybridized carbons (Fsp3) is 0.929. The van der Waals surface area contributed by atoms with Gasteiger partial charge >= 0.3 is 6.09 Å². The molecule has 1 saturated carbocycles. The lowest BCUT2D eigenvalue weighted by atomic mass is 9.80. The van der Waals surface area contributed by atoms with Crippen molar-refractivity contribution in [2.75, 3.05) is 19.7 Å². The van der Waals surface area contributed by atoms with E-state index in [4.69, 9.17) is 9.84 Å². The number of carbonyl (C=O) groups is 1. The van der Waals surface area contributed by atoms with Crippen LogP contribution in [0.25, 0.3) is 0 Å². The zero-order valence-corrected chi connectivity index (χ0v) is 11.7. The monoisotopic (exact) mass is 255 g/mol. The zero-order valence-electron chi connectivity index (χ0n) is 11.7. The van der Waals surface area contributed by atoms with E-state index in [9.17, 15) is 4.79 Å². The van der Waals surface area contributed by atoms with Crippen LogP contribution in [0.4, 0.5) is 4.79 Å². The van der Waals surface area contributed by atoms with E-state index < -0.39 is 5.60 Å². The van der Waals surface area contributed by atoms with Gasteiger partial charge in [0.1, 0.15) is 5.60 Å². The van der Waals surface area contributed by atoms with E-state index in [0.717, 1.165) is 25.4 Å². The summed E-state index contributed by atoms with van der Waals surface area (Å²) < 4.78 is 5.34. The standard InChI is InChI=1S/C14H25NO3/c1-14(2,3)18-13(17)15-8-11(9-15)12(6-7-16)10-4-5-10/h10-12,16H,4-9H2,1-3H3. The summed E-state index contributed by atoms with van der Waals surface area (Å²) in [4.78, 5) is 13.6. The second-order valence-corrected chi connectivity index (χ2v) is 6.66. The number of aliphatic hydroxyl groups is 1. The van der Waals surface area contributed by atoms with Crippen LogP contribution >= 0.6 is 0 Å². The van der Waals surface area contributed by atoms with Crippen molar-refractivity contribution in [3.8, 4) is 0 Å². The summed E-state index contributed by atoms with van der Waals surface area (Å²) in [6.07, 6.45) is 3.29. The van der Waals surface area contributed by atoms with Gasteiger partial charge in [-0.15, -0.1) is 0 Å². The van der Waals surface area contributed by atoms with Gasteiger partial charge in [-0.25, -0.2) is 4.79 Å². The molecule has 1 N–H and O–H groups in total. The Kier molecular flexibility index (Phi) is 3.85. The largest absolute Gasteiger partial charge is 0.444 e. The van der Waals surface area contributed by atoms with Crippen molar-refractivity contribution >= 4 is 6.09 Å². The van der Waals surface area contributed by atoms with Crippen molar-refractivity contribution in [1.29, 1.82) is 0 Å². The number of likely N-dealkylation sites (tertiary alicyclic amines) is 1. The highest BCUT2D eigenvalue weighted by Gasteiger charge is 2.43. The maximum absolute atomic E-state index is 11.8. The second-order valence-electron chi connectivity index (χ2n) is 6.66. The molecule has 0 radical (unpaired) electrons. The third-order valence-electron chi connectivity index (χ3n) is 3.86. The Morgan fingerprint density at radius 2 is 1.94 bits per heavy atom. The summed E-state index contributed by atoms with van der Waals surface area (Å²) in [7, 11) is 0. The number of ether oxygens (including phenoxy) is 1. The van der Waals surface area contributed by atoms with Gasteiger partial charge in [0.2, 0.25) is 0 Å². The van der Waals surface area contributed by atoms with Gasteiger partial charge in [-0.05, 0) is 57.8 Å². The number of hydrogen-bond donors (Lipinski definition) is 1. The van der Waals surface area contributed by atoms with Crippen LogP contribution in [0.5, 0.6) is 0 Å². The number of aliphatic hydroxyl groups excluding tert-OH is 1. The number of hydrogen-bond acceptors (Lipinski definition) is 3. The highest BCUT2D eigenvalue weighted by molar-refractivity contribution is 5.69. The van der Waals surface area contributed by atoms with Crippen LogP contribution < -0.4 is 0 Å². The molecule has 4 heteroatoms. The second kappa shape index (κ2) is 5.08. The minimum atomic E-state index is -0.414. The van der Waals surface area contributed by atoms with Crippen LogP contribution in [0.15, 0.2) is 0 Å². The normalized spacial score (nSPS) is 22.6. The van der Waals surface area contributed by atoms with E-state index in [1.54, 1.807) is 4.90 Å². The molecular formula is C14H25NO3. The van der Waals surface area contributed by atoms with E-state index in [0.29, 0.717) is 11.8 Å². The SMILES string of the molecule is CC(C)(C)OC(=O)N1CC(C(CCO)C2CC2)C1. The maximum atomic E-state index is 11.8. The van der Waals surface area contributed by atoms with Crippen molar-refractivity contribution in [3.63, 3.8) is 0 Å². The van der Waals surface area contributed by atoms with Gasteiger partial charge in [0.25, 0.3) is 0 Å². The molecule has 1 unspecified atom stereocenters. The first-order valence-corrected chi connectivity index (χ1v) is 6.99. The van der Waals surface area contributed by atoms with Crippen LogP contribution in [-0.2, 0) is 4.74 Å². The fourth-order valence-electron chi connectivity index (χ4n) is 2.79. The molecule has 1 amide bonds. The van der Waals surface area contributed by atoms with E-state index in [1.807, 2.05) is 20.8 Å². The number of amides is 1. The Labute approximate surface area is 109 Å². The van der Waals surface area contributed by atoms with E-state index in [2.05, 4.69) is 0 Å². The average Bonchev–Trinajstić information content (AvgIpc) is 2.93. The summed E-state index contributed by atoms with van der Waals surface area (Å²) in [5.41, 5.74) is -0.414. The van der Waals surface area contributed by atoms with Crippen LogP contribution in [0.2, 0.25) is 0 Å². The summed E-state index contributed by atoms with van der Waals surface area (Å²) in [5, 5.41) is 9.10. The van der Waals surface area contributed by atoms with Crippen molar-refractivity contribution in [3.05, 3.63) is 0 Å². The quantitative estimate of drug-likeness (QED) is 0.838. The number of rotatable bonds is 4. The van der Waals surface area contributed by atoms with E-state index >= 15 is 0 Å². The highest BCUT2D eigenvalue weighted by atomic mass is 16.6. The van der Waals surface area contributed by atoms with Crippen LogP contribution in [0, 0.1) is 17.8 Å². The molecule has 2 aliphatic rings. The summed E-state index contributed by atoms with van der Waals surface area (Å²) in [6, 6.07) is 0. The Bertz CT molecular complexity index is 301. The molecule has 0 bridgehead atoms. The summed E-state index contributed by atoms with van der Waals surface area (Å²) >= 11 is 0. The lowest BCUT2D eigenvalue weighted by Crippen LogP contribution is -2.54. The molecule has 104 valence electrons. The summed E-state index contributed by atoms with van der Waals surface area (Å²) in [6.45, 7) is 7.54. The molecule has 2 fully saturated rings. The third-order valence-corrected chi connectivity index (χ3v) is 3.86. The smallest absolute Gasteiger partial charge is 0.410 e. The van der Waals surface area contributed by atoms with E-state index in [-0.39, 0.29) is 12.7 Å². The molecule has 1 atom stereocenters. The Morgan fingerprint density at radius 3 is 2.39 bits per heavy atom. The predicted molar refractivity (Wildman–Crippen MR) is 69.2 cm³/mol. The van der Waals surface area contributed by atoms with Gasteiger partial charge < -0.3 is 14.7 Å². The third kappa shape index (κ3) is 3.37. The molecule has 1 aliphatic heterocycles. The fourth-order valence-corrected chi connectivity index (χ4v) is 2.79. The molecule has 0 aromatic carbocycles. The zero-order chi connectivity index (χ0) is 13.3. The molecule has 0 aromatic heterocycles. The van der Waals surface area contributed by atoms with Crippen LogP contribution in [0.3, 0.4) is 0 Å². The topological polar surface area (TPSA) is 49.8 Å². The Balaban J connectivity index is 1.76. The number of nitrogens with zero attached hydrogens (tertiary/aromatic N) is 1. The molecule has 0 spiro atoms. The van der Waals surface area contributed by atoms with Crippen molar-refractivity contribution < 1.29 is 14.6 Å². The van der Waals surface area contributed by atoms with Gasteiger partial charge in [0.05, 0.1) is 0 Å². The van der Waals surface area contributed by atoms with Crippen molar-refractivity contribution in [2.24, 2.45) is 17.8 Å². The van der Waals surface area contributed by atoms with Crippen LogP contribution in [-0.4, -0.2) is 41.4 Å². The highest BCUT2D eigenvalue weighted by Crippen LogP contribution is 2.44.